The Hall–Kier alpha value is -2.14. The zero-order chi connectivity index (χ0) is 15.5. The Morgan fingerprint density at radius 2 is 1.76 bits per heavy atom. The average Bonchev–Trinajstić information content (AvgIpc) is 2.41. The molecule has 21 heavy (non-hydrogen) atoms. The monoisotopic (exact) mass is 304 g/mol. The fourth-order valence-electron chi connectivity index (χ4n) is 2.11. The van der Waals surface area contributed by atoms with Crippen molar-refractivity contribution in [2.24, 2.45) is 0 Å². The Labute approximate surface area is 124 Å². The lowest BCUT2D eigenvalue weighted by Gasteiger charge is -2.08. The maximum absolute atomic E-state index is 12.3. The van der Waals surface area contributed by atoms with Crippen molar-refractivity contribution in [3.63, 3.8) is 0 Å². The van der Waals surface area contributed by atoms with Crippen LogP contribution in [0.25, 0.3) is 0 Å². The van der Waals surface area contributed by atoms with E-state index >= 15 is 0 Å². The molecule has 2 aromatic rings. The predicted octanol–water partition coefficient (Wildman–Crippen LogP) is 2.81. The number of rotatable bonds is 5. The zero-order valence-corrected chi connectivity index (χ0v) is 12.4. The SMILES string of the molecule is Cc1ccccc1CS(=O)(=O)Cc1cccc(C(=O)O)c1. The molecule has 0 fully saturated rings. The Kier molecular flexibility index (Phi) is 4.43. The van der Waals surface area contributed by atoms with Crippen molar-refractivity contribution in [3.8, 4) is 0 Å². The molecule has 4 nitrogen and oxygen atoms in total. The second-order valence-electron chi connectivity index (χ2n) is 4.96. The third kappa shape index (κ3) is 4.16. The van der Waals surface area contributed by atoms with E-state index in [1.54, 1.807) is 18.2 Å². The minimum absolute atomic E-state index is 0.0447. The van der Waals surface area contributed by atoms with Crippen LogP contribution < -0.4 is 0 Å². The van der Waals surface area contributed by atoms with Crippen LogP contribution in [0.4, 0.5) is 0 Å². The van der Waals surface area contributed by atoms with Crippen LogP contribution in [0, 0.1) is 6.92 Å². The van der Waals surface area contributed by atoms with E-state index in [0.717, 1.165) is 11.1 Å². The zero-order valence-electron chi connectivity index (χ0n) is 11.6. The van der Waals surface area contributed by atoms with Gasteiger partial charge in [0.05, 0.1) is 17.1 Å². The summed E-state index contributed by atoms with van der Waals surface area (Å²) in [5.74, 6) is -1.27. The molecule has 2 aromatic carbocycles. The second-order valence-corrected chi connectivity index (χ2v) is 7.03. The number of aryl methyl sites for hydroxylation is 1. The average molecular weight is 304 g/mol. The number of sulfone groups is 1. The van der Waals surface area contributed by atoms with Crippen LogP contribution in [0.5, 0.6) is 0 Å². The molecule has 0 aromatic heterocycles. The summed E-state index contributed by atoms with van der Waals surface area (Å²) in [6, 6.07) is 13.4. The fourth-order valence-corrected chi connectivity index (χ4v) is 3.70. The van der Waals surface area contributed by atoms with Crippen LogP contribution in [-0.2, 0) is 21.3 Å². The van der Waals surface area contributed by atoms with Crippen LogP contribution in [0.3, 0.4) is 0 Å². The van der Waals surface area contributed by atoms with E-state index in [0.29, 0.717) is 5.56 Å². The Morgan fingerprint density at radius 1 is 1.05 bits per heavy atom. The van der Waals surface area contributed by atoms with E-state index in [1.807, 2.05) is 25.1 Å². The lowest BCUT2D eigenvalue weighted by molar-refractivity contribution is 0.0696. The maximum Gasteiger partial charge on any atom is 0.335 e. The molecule has 1 N–H and O–H groups in total. The normalized spacial score (nSPS) is 11.3. The Morgan fingerprint density at radius 3 is 2.43 bits per heavy atom. The molecule has 110 valence electrons. The minimum Gasteiger partial charge on any atom is -0.478 e. The Bertz CT molecular complexity index is 763. The summed E-state index contributed by atoms with van der Waals surface area (Å²) in [5.41, 5.74) is 2.29. The van der Waals surface area contributed by atoms with Crippen molar-refractivity contribution in [2.45, 2.75) is 18.4 Å². The van der Waals surface area contributed by atoms with Gasteiger partial charge in [0.1, 0.15) is 0 Å². The molecule has 2 rings (SSSR count). The van der Waals surface area contributed by atoms with E-state index in [1.165, 1.54) is 12.1 Å². The van der Waals surface area contributed by atoms with Crippen LogP contribution in [0.15, 0.2) is 48.5 Å². The van der Waals surface area contributed by atoms with Crippen molar-refractivity contribution in [2.75, 3.05) is 0 Å². The molecule has 0 spiro atoms. The summed E-state index contributed by atoms with van der Waals surface area (Å²) in [5, 5.41) is 8.93. The second kappa shape index (κ2) is 6.10. The molecule has 0 aliphatic rings. The standard InChI is InChI=1S/C16H16O4S/c1-12-5-2-3-7-15(12)11-21(19,20)10-13-6-4-8-14(9-13)16(17)18/h2-9H,10-11H2,1H3,(H,17,18). The van der Waals surface area contributed by atoms with Crippen LogP contribution >= 0.6 is 0 Å². The van der Waals surface area contributed by atoms with E-state index in [9.17, 15) is 13.2 Å². The van der Waals surface area contributed by atoms with E-state index in [-0.39, 0.29) is 17.1 Å². The third-order valence-electron chi connectivity index (χ3n) is 3.20. The molecule has 0 radical (unpaired) electrons. The van der Waals surface area contributed by atoms with Gasteiger partial charge in [-0.1, -0.05) is 36.4 Å². The smallest absolute Gasteiger partial charge is 0.335 e. The first kappa shape index (κ1) is 15.3. The number of carbonyl (C=O) groups is 1. The lowest BCUT2D eigenvalue weighted by atomic mass is 10.1. The van der Waals surface area contributed by atoms with Crippen molar-refractivity contribution in [3.05, 3.63) is 70.8 Å². The molecule has 0 unspecified atom stereocenters. The van der Waals surface area contributed by atoms with Crippen LogP contribution in [0.2, 0.25) is 0 Å². The molecule has 5 heteroatoms. The van der Waals surface area contributed by atoms with Gasteiger partial charge in [0, 0.05) is 0 Å². The first-order chi connectivity index (χ1) is 9.87. The summed E-state index contributed by atoms with van der Waals surface area (Å²) in [6.07, 6.45) is 0. The fraction of sp³-hybridized carbons (Fsp3) is 0.188. The van der Waals surface area contributed by atoms with Crippen molar-refractivity contribution >= 4 is 15.8 Å². The van der Waals surface area contributed by atoms with Crippen molar-refractivity contribution in [1.82, 2.24) is 0 Å². The van der Waals surface area contributed by atoms with Gasteiger partial charge in [0.15, 0.2) is 9.84 Å². The summed E-state index contributed by atoms with van der Waals surface area (Å²) >= 11 is 0. The number of carboxylic acid groups (broad SMARTS) is 1. The molecule has 0 atom stereocenters. The van der Waals surface area contributed by atoms with Gasteiger partial charge in [-0.05, 0) is 35.7 Å². The highest BCUT2D eigenvalue weighted by molar-refractivity contribution is 7.89. The topological polar surface area (TPSA) is 71.4 Å². The van der Waals surface area contributed by atoms with E-state index in [4.69, 9.17) is 5.11 Å². The quantitative estimate of drug-likeness (QED) is 0.922. The largest absolute Gasteiger partial charge is 0.478 e. The molecule has 0 aliphatic heterocycles. The third-order valence-corrected chi connectivity index (χ3v) is 4.72. The highest BCUT2D eigenvalue weighted by atomic mass is 32.2. The number of benzene rings is 2. The summed E-state index contributed by atoms with van der Waals surface area (Å²) in [4.78, 5) is 10.9. The summed E-state index contributed by atoms with van der Waals surface area (Å²) in [7, 11) is -3.35. The first-order valence-corrected chi connectivity index (χ1v) is 8.27. The number of carboxylic acids is 1. The molecule has 0 saturated carbocycles. The molecule has 0 heterocycles. The molecule has 0 aliphatic carbocycles. The van der Waals surface area contributed by atoms with E-state index < -0.39 is 15.8 Å². The van der Waals surface area contributed by atoms with Crippen molar-refractivity contribution in [1.29, 1.82) is 0 Å². The molecular weight excluding hydrogens is 288 g/mol. The highest BCUT2D eigenvalue weighted by Crippen LogP contribution is 2.16. The summed E-state index contributed by atoms with van der Waals surface area (Å²) in [6.45, 7) is 1.87. The first-order valence-electron chi connectivity index (χ1n) is 6.44. The lowest BCUT2D eigenvalue weighted by Crippen LogP contribution is -2.09. The Balaban J connectivity index is 2.20. The predicted molar refractivity (Wildman–Crippen MR) is 80.9 cm³/mol. The van der Waals surface area contributed by atoms with Gasteiger partial charge < -0.3 is 5.11 Å². The van der Waals surface area contributed by atoms with Gasteiger partial charge in [0.25, 0.3) is 0 Å². The maximum atomic E-state index is 12.3. The minimum atomic E-state index is -3.35. The highest BCUT2D eigenvalue weighted by Gasteiger charge is 2.15. The van der Waals surface area contributed by atoms with Crippen molar-refractivity contribution < 1.29 is 18.3 Å². The van der Waals surface area contributed by atoms with Gasteiger partial charge in [0.2, 0.25) is 0 Å². The van der Waals surface area contributed by atoms with Gasteiger partial charge in [-0.3, -0.25) is 0 Å². The van der Waals surface area contributed by atoms with Crippen LogP contribution in [0.1, 0.15) is 27.0 Å². The summed E-state index contributed by atoms with van der Waals surface area (Å²) < 4.78 is 24.5. The van der Waals surface area contributed by atoms with Gasteiger partial charge >= 0.3 is 5.97 Å². The number of aromatic carboxylic acids is 1. The number of hydrogen-bond acceptors (Lipinski definition) is 3. The molecule has 0 amide bonds. The van der Waals surface area contributed by atoms with Gasteiger partial charge in [-0.2, -0.15) is 0 Å². The number of hydrogen-bond donors (Lipinski definition) is 1. The molecular formula is C16H16O4S. The van der Waals surface area contributed by atoms with Crippen LogP contribution in [-0.4, -0.2) is 19.5 Å². The molecule has 0 saturated heterocycles. The van der Waals surface area contributed by atoms with Gasteiger partial charge in [-0.15, -0.1) is 0 Å². The van der Waals surface area contributed by atoms with E-state index in [2.05, 4.69) is 0 Å². The van der Waals surface area contributed by atoms with Gasteiger partial charge in [-0.25, -0.2) is 13.2 Å². The molecule has 0 bridgehead atoms.